The average molecular weight is 268 g/mol. The zero-order valence-corrected chi connectivity index (χ0v) is 12.2. The molecule has 18 heavy (non-hydrogen) atoms. The Balaban J connectivity index is 1.94. The van der Waals surface area contributed by atoms with Crippen molar-refractivity contribution < 1.29 is 4.74 Å². The van der Waals surface area contributed by atoms with Crippen LogP contribution in [0.1, 0.15) is 28.6 Å². The second-order valence-electron chi connectivity index (χ2n) is 5.20. The molecule has 0 bridgehead atoms. The number of thiophene rings is 1. The van der Waals surface area contributed by atoms with E-state index in [4.69, 9.17) is 10.5 Å². The normalized spacial score (nSPS) is 19.3. The van der Waals surface area contributed by atoms with Crippen LogP contribution in [0.4, 0.5) is 0 Å². The molecule has 1 saturated heterocycles. The molecule has 0 spiro atoms. The van der Waals surface area contributed by atoms with Crippen LogP contribution in [0.5, 0.6) is 0 Å². The lowest BCUT2D eigenvalue weighted by Gasteiger charge is -2.31. The van der Waals surface area contributed by atoms with Crippen molar-refractivity contribution in [3.63, 3.8) is 0 Å². The van der Waals surface area contributed by atoms with Crippen LogP contribution in [0.25, 0.3) is 0 Å². The van der Waals surface area contributed by atoms with Crippen LogP contribution in [0.3, 0.4) is 0 Å². The number of likely N-dealkylation sites (N-methyl/N-ethyl adjacent to an activating group) is 1. The highest BCUT2D eigenvalue weighted by molar-refractivity contribution is 7.12. The molecule has 2 rings (SSSR count). The third-order valence-corrected chi connectivity index (χ3v) is 4.83. The minimum Gasteiger partial charge on any atom is -0.381 e. The molecular formula is C14H24N2OS. The Labute approximate surface area is 114 Å². The zero-order valence-electron chi connectivity index (χ0n) is 11.4. The van der Waals surface area contributed by atoms with E-state index in [0.29, 0.717) is 12.6 Å². The lowest BCUT2D eigenvalue weighted by molar-refractivity contribution is 0.0509. The fourth-order valence-electron chi connectivity index (χ4n) is 2.61. The number of nitrogens with two attached hydrogens (primary N) is 1. The first-order valence-corrected chi connectivity index (χ1v) is 7.56. The zero-order chi connectivity index (χ0) is 13.0. The molecule has 0 saturated carbocycles. The van der Waals surface area contributed by atoms with Gasteiger partial charge in [-0.05, 0) is 44.9 Å². The Morgan fingerprint density at radius 2 is 2.17 bits per heavy atom. The van der Waals surface area contributed by atoms with Crippen molar-refractivity contribution in [1.82, 2.24) is 4.90 Å². The van der Waals surface area contributed by atoms with Crippen molar-refractivity contribution >= 4 is 11.3 Å². The van der Waals surface area contributed by atoms with Gasteiger partial charge < -0.3 is 10.5 Å². The predicted molar refractivity (Wildman–Crippen MR) is 77.0 cm³/mol. The minimum atomic E-state index is 0.367. The molecule has 4 heteroatoms. The summed E-state index contributed by atoms with van der Waals surface area (Å²) < 4.78 is 5.41. The van der Waals surface area contributed by atoms with Crippen molar-refractivity contribution in [3.8, 4) is 0 Å². The van der Waals surface area contributed by atoms with Gasteiger partial charge in [-0.25, -0.2) is 0 Å². The van der Waals surface area contributed by atoms with E-state index in [1.165, 1.54) is 22.6 Å². The first-order chi connectivity index (χ1) is 8.70. The average Bonchev–Trinajstić information content (AvgIpc) is 2.78. The number of aryl methyl sites for hydroxylation is 1. The standard InChI is InChI=1S/C14H24N2OS/c1-11-3-4-14(18-11)13(9-15)16(2)10-12-5-7-17-8-6-12/h3-4,12-13H,5-10,15H2,1-2H3. The van der Waals surface area contributed by atoms with Crippen molar-refractivity contribution in [3.05, 3.63) is 21.9 Å². The molecule has 0 radical (unpaired) electrons. The Kier molecular flexibility index (Phi) is 5.18. The second-order valence-corrected chi connectivity index (χ2v) is 6.51. The summed E-state index contributed by atoms with van der Waals surface area (Å²) in [7, 11) is 2.20. The molecule has 1 aromatic heterocycles. The van der Waals surface area contributed by atoms with Crippen LogP contribution < -0.4 is 5.73 Å². The first kappa shape index (κ1) is 14.0. The molecule has 1 atom stereocenters. The van der Waals surface area contributed by atoms with Gasteiger partial charge in [0.25, 0.3) is 0 Å². The Morgan fingerprint density at radius 3 is 2.72 bits per heavy atom. The highest BCUT2D eigenvalue weighted by Crippen LogP contribution is 2.27. The van der Waals surface area contributed by atoms with Crippen LogP contribution in [0, 0.1) is 12.8 Å². The molecule has 0 aromatic carbocycles. The van der Waals surface area contributed by atoms with Gasteiger partial charge in [0.05, 0.1) is 6.04 Å². The predicted octanol–water partition coefficient (Wildman–Crippen LogP) is 2.41. The largest absolute Gasteiger partial charge is 0.381 e. The third-order valence-electron chi connectivity index (χ3n) is 3.73. The molecule has 2 heterocycles. The van der Waals surface area contributed by atoms with Gasteiger partial charge in [0.15, 0.2) is 0 Å². The summed E-state index contributed by atoms with van der Waals surface area (Å²) in [4.78, 5) is 5.17. The van der Waals surface area contributed by atoms with Gasteiger partial charge in [-0.3, -0.25) is 4.90 Å². The quantitative estimate of drug-likeness (QED) is 0.891. The van der Waals surface area contributed by atoms with Crippen LogP contribution in [0.2, 0.25) is 0 Å². The number of nitrogens with zero attached hydrogens (tertiary/aromatic N) is 1. The molecule has 1 aliphatic rings. The fourth-order valence-corrected chi connectivity index (χ4v) is 3.67. The third kappa shape index (κ3) is 3.54. The van der Waals surface area contributed by atoms with Crippen LogP contribution >= 0.6 is 11.3 Å². The van der Waals surface area contributed by atoms with E-state index in [-0.39, 0.29) is 0 Å². The van der Waals surface area contributed by atoms with E-state index in [1.54, 1.807) is 0 Å². The number of ether oxygens (including phenoxy) is 1. The van der Waals surface area contributed by atoms with Gasteiger partial charge >= 0.3 is 0 Å². The van der Waals surface area contributed by atoms with Gasteiger partial charge in [-0.2, -0.15) is 0 Å². The molecule has 1 fully saturated rings. The van der Waals surface area contributed by atoms with Crippen molar-refractivity contribution in [2.45, 2.75) is 25.8 Å². The number of hydrogen-bond acceptors (Lipinski definition) is 4. The molecular weight excluding hydrogens is 244 g/mol. The summed E-state index contributed by atoms with van der Waals surface area (Å²) in [6.07, 6.45) is 2.37. The summed E-state index contributed by atoms with van der Waals surface area (Å²) >= 11 is 1.86. The molecule has 102 valence electrons. The molecule has 0 aliphatic carbocycles. The van der Waals surface area contributed by atoms with E-state index in [0.717, 1.165) is 25.7 Å². The maximum Gasteiger partial charge on any atom is 0.0562 e. The SMILES string of the molecule is Cc1ccc(C(CN)N(C)CC2CCOCC2)s1. The first-order valence-electron chi connectivity index (χ1n) is 6.75. The summed E-state index contributed by atoms with van der Waals surface area (Å²) in [6, 6.07) is 4.77. The monoisotopic (exact) mass is 268 g/mol. The molecule has 2 N–H and O–H groups in total. The summed E-state index contributed by atoms with van der Waals surface area (Å²) in [5.74, 6) is 0.763. The highest BCUT2D eigenvalue weighted by atomic mass is 32.1. The van der Waals surface area contributed by atoms with Crippen molar-refractivity contribution in [2.24, 2.45) is 11.7 Å². The maximum atomic E-state index is 5.96. The van der Waals surface area contributed by atoms with Crippen molar-refractivity contribution in [2.75, 3.05) is 33.4 Å². The number of hydrogen-bond donors (Lipinski definition) is 1. The van der Waals surface area contributed by atoms with Gasteiger partial charge in [0, 0.05) is 36.1 Å². The number of rotatable bonds is 5. The van der Waals surface area contributed by atoms with Crippen LogP contribution in [-0.4, -0.2) is 38.3 Å². The summed E-state index contributed by atoms with van der Waals surface area (Å²) in [6.45, 7) is 5.82. The van der Waals surface area contributed by atoms with Gasteiger partial charge in [-0.1, -0.05) is 0 Å². The fraction of sp³-hybridized carbons (Fsp3) is 0.714. The Bertz CT molecular complexity index is 360. The highest BCUT2D eigenvalue weighted by Gasteiger charge is 2.22. The van der Waals surface area contributed by atoms with E-state index in [9.17, 15) is 0 Å². The Morgan fingerprint density at radius 1 is 1.44 bits per heavy atom. The lowest BCUT2D eigenvalue weighted by atomic mass is 9.99. The van der Waals surface area contributed by atoms with Gasteiger partial charge in [0.2, 0.25) is 0 Å². The maximum absolute atomic E-state index is 5.96. The smallest absolute Gasteiger partial charge is 0.0562 e. The van der Waals surface area contributed by atoms with Crippen LogP contribution in [-0.2, 0) is 4.74 Å². The topological polar surface area (TPSA) is 38.5 Å². The summed E-state index contributed by atoms with van der Waals surface area (Å²) in [5, 5.41) is 0. The minimum absolute atomic E-state index is 0.367. The van der Waals surface area contributed by atoms with E-state index in [2.05, 4.69) is 31.0 Å². The molecule has 1 aromatic rings. The summed E-state index contributed by atoms with van der Waals surface area (Å²) in [5.41, 5.74) is 5.96. The van der Waals surface area contributed by atoms with E-state index >= 15 is 0 Å². The molecule has 1 unspecified atom stereocenters. The second kappa shape index (κ2) is 6.66. The molecule has 0 amide bonds. The lowest BCUT2D eigenvalue weighted by Crippen LogP contribution is -2.35. The van der Waals surface area contributed by atoms with Crippen LogP contribution in [0.15, 0.2) is 12.1 Å². The molecule has 1 aliphatic heterocycles. The molecule has 3 nitrogen and oxygen atoms in total. The van der Waals surface area contributed by atoms with E-state index in [1.807, 2.05) is 11.3 Å². The van der Waals surface area contributed by atoms with Crippen molar-refractivity contribution in [1.29, 1.82) is 0 Å². The van der Waals surface area contributed by atoms with E-state index < -0.39 is 0 Å². The van der Waals surface area contributed by atoms with Gasteiger partial charge in [0.1, 0.15) is 0 Å². The Hall–Kier alpha value is -0.420. The van der Waals surface area contributed by atoms with Gasteiger partial charge in [-0.15, -0.1) is 11.3 Å².